The second-order valence-electron chi connectivity index (χ2n) is 3.76. The van der Waals surface area contributed by atoms with E-state index in [9.17, 15) is 9.59 Å². The van der Waals surface area contributed by atoms with Crippen LogP contribution in [0.15, 0.2) is 24.3 Å². The van der Waals surface area contributed by atoms with Gasteiger partial charge >= 0.3 is 12.1 Å². The van der Waals surface area contributed by atoms with Crippen LogP contribution in [0.2, 0.25) is 0 Å². The van der Waals surface area contributed by atoms with Crippen LogP contribution in [0.1, 0.15) is 5.56 Å². The van der Waals surface area contributed by atoms with Gasteiger partial charge < -0.3 is 5.73 Å². The molecule has 0 aromatic heterocycles. The molecule has 0 saturated carbocycles. The maximum Gasteiger partial charge on any atom is 0.332 e. The monoisotopic (exact) mass is 219 g/mol. The summed E-state index contributed by atoms with van der Waals surface area (Å²) < 4.78 is 0. The first-order chi connectivity index (χ1) is 7.59. The van der Waals surface area contributed by atoms with Crippen LogP contribution in [-0.2, 0) is 0 Å². The SMILES string of the molecule is Cc1ccc(N2CCN(C(N)=O)C2=O)cc1. The Labute approximate surface area is 93.4 Å². The van der Waals surface area contributed by atoms with Gasteiger partial charge in [-0.2, -0.15) is 0 Å². The lowest BCUT2D eigenvalue weighted by atomic mass is 10.2. The van der Waals surface area contributed by atoms with Crippen molar-refractivity contribution in [2.24, 2.45) is 5.73 Å². The number of rotatable bonds is 1. The van der Waals surface area contributed by atoms with Gasteiger partial charge in [0.1, 0.15) is 0 Å². The van der Waals surface area contributed by atoms with E-state index >= 15 is 0 Å². The van der Waals surface area contributed by atoms with Gasteiger partial charge in [-0.15, -0.1) is 0 Å². The lowest BCUT2D eigenvalue weighted by Gasteiger charge is -2.16. The summed E-state index contributed by atoms with van der Waals surface area (Å²) in [5.41, 5.74) is 7.01. The molecule has 1 aromatic carbocycles. The van der Waals surface area contributed by atoms with E-state index in [4.69, 9.17) is 5.73 Å². The normalized spacial score (nSPS) is 15.7. The Kier molecular flexibility index (Phi) is 2.52. The van der Waals surface area contributed by atoms with Gasteiger partial charge in [-0.05, 0) is 19.1 Å². The van der Waals surface area contributed by atoms with E-state index in [1.807, 2.05) is 31.2 Å². The van der Waals surface area contributed by atoms with Crippen molar-refractivity contribution < 1.29 is 9.59 Å². The second-order valence-corrected chi connectivity index (χ2v) is 3.76. The molecule has 1 heterocycles. The largest absolute Gasteiger partial charge is 0.351 e. The number of imide groups is 1. The van der Waals surface area contributed by atoms with E-state index < -0.39 is 6.03 Å². The molecule has 0 bridgehead atoms. The molecule has 84 valence electrons. The molecule has 1 fully saturated rings. The average Bonchev–Trinajstić information content (AvgIpc) is 2.61. The predicted molar refractivity (Wildman–Crippen MR) is 60.2 cm³/mol. The third-order valence-corrected chi connectivity index (χ3v) is 2.62. The third-order valence-electron chi connectivity index (χ3n) is 2.62. The summed E-state index contributed by atoms with van der Waals surface area (Å²) >= 11 is 0. The molecule has 0 atom stereocenters. The zero-order chi connectivity index (χ0) is 11.7. The molecule has 1 aromatic rings. The van der Waals surface area contributed by atoms with E-state index in [1.165, 1.54) is 0 Å². The number of anilines is 1. The molecule has 0 spiro atoms. The summed E-state index contributed by atoms with van der Waals surface area (Å²) in [5, 5.41) is 0. The number of nitrogens with zero attached hydrogens (tertiary/aromatic N) is 2. The van der Waals surface area contributed by atoms with Crippen molar-refractivity contribution in [2.45, 2.75) is 6.92 Å². The Balaban J connectivity index is 2.21. The number of carbonyl (C=O) groups is 2. The number of nitrogens with two attached hydrogens (primary N) is 1. The first-order valence-electron chi connectivity index (χ1n) is 5.05. The minimum absolute atomic E-state index is 0.349. The standard InChI is InChI=1S/C11H13N3O2/c1-8-2-4-9(5-3-8)13-6-7-14(10(12)15)11(13)16/h2-5H,6-7H2,1H3,(H2,12,15). The van der Waals surface area contributed by atoms with Crippen molar-refractivity contribution in [1.82, 2.24) is 4.90 Å². The number of primary amides is 1. The maximum atomic E-state index is 11.8. The third kappa shape index (κ3) is 1.71. The molecule has 2 rings (SSSR count). The van der Waals surface area contributed by atoms with Gasteiger partial charge in [0.05, 0.1) is 6.54 Å². The topological polar surface area (TPSA) is 66.6 Å². The molecule has 2 N–H and O–H groups in total. The summed E-state index contributed by atoms with van der Waals surface area (Å²) in [6.45, 7) is 2.82. The highest BCUT2D eigenvalue weighted by Crippen LogP contribution is 2.20. The van der Waals surface area contributed by atoms with Gasteiger partial charge in [0, 0.05) is 12.2 Å². The average molecular weight is 219 g/mol. The predicted octanol–water partition coefficient (Wildman–Crippen LogP) is 1.32. The van der Waals surface area contributed by atoms with E-state index in [-0.39, 0.29) is 6.03 Å². The van der Waals surface area contributed by atoms with Crippen molar-refractivity contribution >= 4 is 17.7 Å². The van der Waals surface area contributed by atoms with Gasteiger partial charge in [0.2, 0.25) is 0 Å². The maximum absolute atomic E-state index is 11.8. The van der Waals surface area contributed by atoms with Crippen LogP contribution in [0.3, 0.4) is 0 Å². The number of amides is 4. The van der Waals surface area contributed by atoms with Gasteiger partial charge in [-0.3, -0.25) is 4.90 Å². The van der Waals surface area contributed by atoms with Gasteiger partial charge in [-0.1, -0.05) is 17.7 Å². The highest BCUT2D eigenvalue weighted by Gasteiger charge is 2.32. The van der Waals surface area contributed by atoms with Gasteiger partial charge in [-0.25, -0.2) is 14.5 Å². The van der Waals surface area contributed by atoms with E-state index in [1.54, 1.807) is 4.90 Å². The minimum Gasteiger partial charge on any atom is -0.351 e. The highest BCUT2D eigenvalue weighted by molar-refractivity contribution is 6.03. The van der Waals surface area contributed by atoms with Crippen LogP contribution in [0.4, 0.5) is 15.3 Å². The summed E-state index contributed by atoms with van der Waals surface area (Å²) in [6, 6.07) is 6.52. The first-order valence-corrected chi connectivity index (χ1v) is 5.05. The molecule has 0 radical (unpaired) electrons. The summed E-state index contributed by atoms with van der Waals surface area (Å²) in [7, 11) is 0. The molecule has 1 aliphatic heterocycles. The van der Waals surface area contributed by atoms with Crippen LogP contribution in [0.25, 0.3) is 0 Å². The molecule has 5 heteroatoms. The Bertz CT molecular complexity index is 427. The van der Waals surface area contributed by atoms with E-state index in [0.29, 0.717) is 13.1 Å². The van der Waals surface area contributed by atoms with Crippen LogP contribution in [-0.4, -0.2) is 30.1 Å². The van der Waals surface area contributed by atoms with Crippen molar-refractivity contribution in [3.05, 3.63) is 29.8 Å². The zero-order valence-electron chi connectivity index (χ0n) is 9.01. The van der Waals surface area contributed by atoms with Crippen LogP contribution >= 0.6 is 0 Å². The molecular formula is C11H13N3O2. The quantitative estimate of drug-likeness (QED) is 0.774. The zero-order valence-corrected chi connectivity index (χ0v) is 9.01. The Morgan fingerprint density at radius 1 is 1.25 bits per heavy atom. The number of aryl methyl sites for hydroxylation is 1. The van der Waals surface area contributed by atoms with E-state index in [0.717, 1.165) is 16.2 Å². The lowest BCUT2D eigenvalue weighted by Crippen LogP contribution is -2.39. The van der Waals surface area contributed by atoms with Gasteiger partial charge in [0.15, 0.2) is 0 Å². The second kappa shape index (κ2) is 3.84. The number of urea groups is 2. The fourth-order valence-corrected chi connectivity index (χ4v) is 1.71. The Hall–Kier alpha value is -2.04. The molecule has 4 amide bonds. The minimum atomic E-state index is -0.695. The first kappa shape index (κ1) is 10.5. The van der Waals surface area contributed by atoms with Crippen molar-refractivity contribution in [3.8, 4) is 0 Å². The fourth-order valence-electron chi connectivity index (χ4n) is 1.71. The van der Waals surface area contributed by atoms with Crippen molar-refractivity contribution in [3.63, 3.8) is 0 Å². The van der Waals surface area contributed by atoms with Crippen LogP contribution in [0.5, 0.6) is 0 Å². The molecule has 0 aliphatic carbocycles. The fraction of sp³-hybridized carbons (Fsp3) is 0.273. The smallest absolute Gasteiger partial charge is 0.332 e. The number of hydrogen-bond donors (Lipinski definition) is 1. The molecule has 16 heavy (non-hydrogen) atoms. The Morgan fingerprint density at radius 2 is 1.88 bits per heavy atom. The van der Waals surface area contributed by atoms with Crippen molar-refractivity contribution in [2.75, 3.05) is 18.0 Å². The number of carbonyl (C=O) groups excluding carboxylic acids is 2. The summed E-state index contributed by atoms with van der Waals surface area (Å²) in [6.07, 6.45) is 0. The molecule has 0 unspecified atom stereocenters. The summed E-state index contributed by atoms with van der Waals surface area (Å²) in [4.78, 5) is 25.3. The van der Waals surface area contributed by atoms with E-state index in [2.05, 4.69) is 0 Å². The summed E-state index contributed by atoms with van der Waals surface area (Å²) in [5.74, 6) is 0. The molecule has 5 nitrogen and oxygen atoms in total. The number of benzene rings is 1. The molecular weight excluding hydrogens is 206 g/mol. The van der Waals surface area contributed by atoms with Crippen LogP contribution < -0.4 is 10.6 Å². The molecule has 1 aliphatic rings. The lowest BCUT2D eigenvalue weighted by molar-refractivity contribution is 0.206. The van der Waals surface area contributed by atoms with Crippen LogP contribution in [0, 0.1) is 6.92 Å². The van der Waals surface area contributed by atoms with Crippen molar-refractivity contribution in [1.29, 1.82) is 0 Å². The molecule has 1 saturated heterocycles. The number of hydrogen-bond acceptors (Lipinski definition) is 2. The van der Waals surface area contributed by atoms with Gasteiger partial charge in [0.25, 0.3) is 0 Å². The highest BCUT2D eigenvalue weighted by atomic mass is 16.2. The Morgan fingerprint density at radius 3 is 2.38 bits per heavy atom.